The number of hydrogen-bond donors (Lipinski definition) is 0. The standard InChI is InChI=1S/C52H37ClN4S2/c1-4-5-21-41-31(2)39-28-32(24-26-42(39)56(41)34-15-7-6-8-16-34)33-25-27-43-40(29-33)46-35-17-9-10-18-36(35)47-37-19-11-13-22-44(37)58-50(47)49(46)57(43)51(54-3)48-38-20-12-14-23-45(38)59-52(48)55-30-53/h4-29,31H,3,30H2,1-2H3/b5-4-,41-21+,51-48+,55-52+. The molecule has 1 atom stereocenters. The van der Waals surface area contributed by atoms with Gasteiger partial charge in [0, 0.05) is 59.7 Å². The third-order valence-electron chi connectivity index (χ3n) is 11.9. The van der Waals surface area contributed by atoms with E-state index >= 15 is 0 Å². The number of para-hydroxylation sites is 1. The molecule has 7 aromatic carbocycles. The second-order valence-electron chi connectivity index (χ2n) is 15.0. The van der Waals surface area contributed by atoms with Gasteiger partial charge in [-0.3, -0.25) is 9.56 Å². The number of aliphatic imine (C=N–C) groups is 2. The summed E-state index contributed by atoms with van der Waals surface area (Å²) in [6, 6.07) is 50.8. The molecule has 7 heteroatoms. The lowest BCUT2D eigenvalue weighted by atomic mass is 9.94. The second-order valence-corrected chi connectivity index (χ2v) is 17.3. The molecule has 0 aliphatic carbocycles. The fourth-order valence-electron chi connectivity index (χ4n) is 9.31. The minimum atomic E-state index is 0.154. The molecule has 1 unspecified atom stereocenters. The van der Waals surface area contributed by atoms with E-state index in [-0.39, 0.29) is 11.9 Å². The van der Waals surface area contributed by atoms with Crippen LogP contribution in [0.1, 0.15) is 30.9 Å². The number of thioether (sulfide) groups is 1. The zero-order valence-electron chi connectivity index (χ0n) is 32.5. The van der Waals surface area contributed by atoms with E-state index in [0.29, 0.717) is 0 Å². The number of fused-ring (bicyclic) bond motifs is 12. The molecule has 2 aliphatic heterocycles. The fourth-order valence-corrected chi connectivity index (χ4v) is 11.8. The van der Waals surface area contributed by atoms with Crippen molar-refractivity contribution in [3.05, 3.63) is 175 Å². The van der Waals surface area contributed by atoms with Crippen molar-refractivity contribution in [2.45, 2.75) is 24.7 Å². The molecule has 0 amide bonds. The number of hydrogen-bond acceptors (Lipinski definition) is 5. The van der Waals surface area contributed by atoms with Gasteiger partial charge < -0.3 is 4.90 Å². The lowest BCUT2D eigenvalue weighted by Gasteiger charge is -2.22. The van der Waals surface area contributed by atoms with Gasteiger partial charge in [-0.15, -0.1) is 22.9 Å². The molecule has 0 spiro atoms. The van der Waals surface area contributed by atoms with Crippen LogP contribution in [0.4, 0.5) is 11.4 Å². The molecule has 0 bridgehead atoms. The molecule has 0 saturated carbocycles. The van der Waals surface area contributed by atoms with Crippen molar-refractivity contribution in [3.63, 3.8) is 0 Å². The van der Waals surface area contributed by atoms with E-state index in [2.05, 4.69) is 188 Å². The Hall–Kier alpha value is -6.18. The lowest BCUT2D eigenvalue weighted by molar-refractivity contribution is 0.921. The van der Waals surface area contributed by atoms with E-state index in [1.165, 1.54) is 64.5 Å². The fraction of sp³-hybridized carbons (Fsp3) is 0.0769. The van der Waals surface area contributed by atoms with Gasteiger partial charge >= 0.3 is 0 Å². The molecule has 4 nitrogen and oxygen atoms in total. The van der Waals surface area contributed by atoms with Gasteiger partial charge in [0.05, 0.1) is 21.3 Å². The Bertz CT molecular complexity index is 3350. The van der Waals surface area contributed by atoms with Gasteiger partial charge in [-0.1, -0.05) is 122 Å². The Morgan fingerprint density at radius 1 is 0.780 bits per heavy atom. The van der Waals surface area contributed by atoms with Crippen LogP contribution in [0.5, 0.6) is 0 Å². The Morgan fingerprint density at radius 2 is 1.49 bits per heavy atom. The van der Waals surface area contributed by atoms with E-state index in [0.717, 1.165) is 48.9 Å². The summed E-state index contributed by atoms with van der Waals surface area (Å²) in [7, 11) is 0. The Balaban J connectivity index is 1.23. The number of alkyl halides is 1. The average Bonchev–Trinajstić information content (AvgIpc) is 4.02. The Labute approximate surface area is 355 Å². The van der Waals surface area contributed by atoms with E-state index in [1.807, 2.05) is 11.3 Å². The zero-order valence-corrected chi connectivity index (χ0v) is 34.9. The van der Waals surface area contributed by atoms with Crippen LogP contribution in [0.2, 0.25) is 0 Å². The van der Waals surface area contributed by atoms with E-state index in [1.54, 1.807) is 11.8 Å². The maximum absolute atomic E-state index is 6.35. The van der Waals surface area contributed by atoms with Crippen molar-refractivity contribution in [3.8, 4) is 11.1 Å². The summed E-state index contributed by atoms with van der Waals surface area (Å²) < 4.78 is 4.83. The molecule has 59 heavy (non-hydrogen) atoms. The molecule has 2 aromatic heterocycles. The van der Waals surface area contributed by atoms with Crippen molar-refractivity contribution in [2.24, 2.45) is 9.98 Å². The van der Waals surface area contributed by atoms with Gasteiger partial charge in [-0.2, -0.15) is 0 Å². The third kappa shape index (κ3) is 5.44. The van der Waals surface area contributed by atoms with Gasteiger partial charge in [0.15, 0.2) is 0 Å². The minimum Gasteiger partial charge on any atom is -0.313 e. The number of allylic oxidation sites excluding steroid dienone is 4. The highest BCUT2D eigenvalue weighted by atomic mass is 35.5. The second kappa shape index (κ2) is 14.3. The normalized spacial score (nSPS) is 17.5. The molecule has 0 N–H and O–H groups in total. The molecule has 284 valence electrons. The minimum absolute atomic E-state index is 0.154. The van der Waals surface area contributed by atoms with Gasteiger partial charge in [0.25, 0.3) is 0 Å². The van der Waals surface area contributed by atoms with Crippen molar-refractivity contribution < 1.29 is 0 Å². The number of thiophene rings is 1. The predicted octanol–water partition coefficient (Wildman–Crippen LogP) is 15.4. The van der Waals surface area contributed by atoms with Crippen LogP contribution in [-0.2, 0) is 0 Å². The number of aromatic nitrogens is 1. The van der Waals surface area contributed by atoms with Crippen LogP contribution < -0.4 is 4.90 Å². The smallest absolute Gasteiger partial charge is 0.147 e. The van der Waals surface area contributed by atoms with Crippen LogP contribution >= 0.6 is 34.7 Å². The first-order valence-corrected chi connectivity index (χ1v) is 22.0. The summed E-state index contributed by atoms with van der Waals surface area (Å²) in [6.45, 7) is 8.64. The molecule has 9 aromatic rings. The van der Waals surface area contributed by atoms with E-state index in [4.69, 9.17) is 21.6 Å². The van der Waals surface area contributed by atoms with Crippen LogP contribution in [0.15, 0.2) is 178 Å². The summed E-state index contributed by atoms with van der Waals surface area (Å²) in [6.07, 6.45) is 6.49. The molecular formula is C52H37ClN4S2. The summed E-state index contributed by atoms with van der Waals surface area (Å²) in [5.74, 6) is 0.960. The summed E-state index contributed by atoms with van der Waals surface area (Å²) >= 11 is 9.83. The first-order chi connectivity index (χ1) is 29.1. The summed E-state index contributed by atoms with van der Waals surface area (Å²) in [5.41, 5.74) is 11.5. The first kappa shape index (κ1) is 35.9. The van der Waals surface area contributed by atoms with Gasteiger partial charge in [0.1, 0.15) is 16.9 Å². The van der Waals surface area contributed by atoms with Crippen LogP contribution in [0.3, 0.4) is 0 Å². The first-order valence-electron chi connectivity index (χ1n) is 19.8. The van der Waals surface area contributed by atoms with Gasteiger partial charge in [-0.05, 0) is 95.7 Å². The van der Waals surface area contributed by atoms with Crippen molar-refractivity contribution in [1.82, 2.24) is 4.57 Å². The molecule has 4 heterocycles. The number of nitrogens with zero attached hydrogens (tertiary/aromatic N) is 4. The molecule has 11 rings (SSSR count). The van der Waals surface area contributed by atoms with Crippen molar-refractivity contribution >= 4 is 122 Å². The van der Waals surface area contributed by atoms with Gasteiger partial charge in [-0.25, -0.2) is 4.99 Å². The molecule has 0 radical (unpaired) electrons. The Kier molecular flexibility index (Phi) is 8.70. The third-order valence-corrected chi connectivity index (χ3v) is 14.3. The monoisotopic (exact) mass is 816 g/mol. The highest BCUT2D eigenvalue weighted by Gasteiger charge is 2.33. The van der Waals surface area contributed by atoms with E-state index in [9.17, 15) is 0 Å². The quantitative estimate of drug-likeness (QED) is 0.0951. The number of anilines is 2. The maximum Gasteiger partial charge on any atom is 0.147 e. The molecule has 0 saturated heterocycles. The molecule has 0 fully saturated rings. The average molecular weight is 817 g/mol. The topological polar surface area (TPSA) is 32.9 Å². The zero-order chi connectivity index (χ0) is 39.8. The highest BCUT2D eigenvalue weighted by Crippen LogP contribution is 2.52. The number of rotatable bonds is 6. The Morgan fingerprint density at radius 3 is 2.29 bits per heavy atom. The largest absolute Gasteiger partial charge is 0.313 e. The summed E-state index contributed by atoms with van der Waals surface area (Å²) in [4.78, 5) is 13.3. The molecular weight excluding hydrogens is 780 g/mol. The van der Waals surface area contributed by atoms with Gasteiger partial charge in [0.2, 0.25) is 0 Å². The number of halogens is 1. The van der Waals surface area contributed by atoms with Crippen molar-refractivity contribution in [1.29, 1.82) is 0 Å². The van der Waals surface area contributed by atoms with Crippen molar-refractivity contribution in [2.75, 3.05) is 10.9 Å². The predicted molar refractivity (Wildman–Crippen MR) is 258 cm³/mol. The highest BCUT2D eigenvalue weighted by molar-refractivity contribution is 8.15. The maximum atomic E-state index is 6.35. The van der Waals surface area contributed by atoms with E-state index < -0.39 is 0 Å². The SMILES string of the molecule is C=N/C(=C1\C(=N/CCl)Sc2ccccc21)n1c2ccc(-c3ccc4c(c3)C(C)/C(=C\C=C/C)N4c3ccccc3)cc2c2c3ccccc3c3c4ccccc4sc3c21. The number of benzene rings is 7. The molecule has 2 aliphatic rings. The van der Waals surface area contributed by atoms with Crippen LogP contribution in [0.25, 0.3) is 75.3 Å². The van der Waals surface area contributed by atoms with Crippen LogP contribution in [0, 0.1) is 0 Å². The summed E-state index contributed by atoms with van der Waals surface area (Å²) in [5, 5.41) is 8.20. The van der Waals surface area contributed by atoms with Crippen LogP contribution in [-0.4, -0.2) is 22.3 Å². The lowest BCUT2D eigenvalue weighted by Crippen LogP contribution is -2.12.